The van der Waals surface area contributed by atoms with Crippen molar-refractivity contribution in [1.82, 2.24) is 15.5 Å². The number of nitrogens with one attached hydrogen (secondary N) is 1. The lowest BCUT2D eigenvalue weighted by Crippen LogP contribution is -2.27. The topological polar surface area (TPSA) is 68.0 Å². The first-order chi connectivity index (χ1) is 11.1. The van der Waals surface area contributed by atoms with Gasteiger partial charge in [0.15, 0.2) is 0 Å². The van der Waals surface area contributed by atoms with Gasteiger partial charge in [-0.15, -0.1) is 0 Å². The average Bonchev–Trinajstić information content (AvgIpc) is 2.87. The third-order valence-corrected chi connectivity index (χ3v) is 3.95. The van der Waals surface area contributed by atoms with Crippen LogP contribution in [0.4, 0.5) is 0 Å². The highest BCUT2D eigenvalue weighted by Gasteiger charge is 2.13. The smallest absolute Gasteiger partial charge is 0.224 e. The van der Waals surface area contributed by atoms with E-state index in [1.807, 2.05) is 38.1 Å². The van der Waals surface area contributed by atoms with Crippen molar-refractivity contribution in [3.05, 3.63) is 59.1 Å². The molecule has 3 rings (SSSR count). The van der Waals surface area contributed by atoms with Crippen LogP contribution in [0.5, 0.6) is 0 Å². The maximum atomic E-state index is 12.1. The molecule has 5 nitrogen and oxygen atoms in total. The summed E-state index contributed by atoms with van der Waals surface area (Å²) in [6, 6.07) is 10.1. The first-order valence-electron chi connectivity index (χ1n) is 7.66. The van der Waals surface area contributed by atoms with Crippen LogP contribution >= 0.6 is 0 Å². The van der Waals surface area contributed by atoms with Crippen molar-refractivity contribution in [2.45, 2.75) is 26.7 Å². The maximum absolute atomic E-state index is 12.1. The number of aryl methyl sites for hydroxylation is 2. The summed E-state index contributed by atoms with van der Waals surface area (Å²) in [6.07, 6.45) is 2.85. The van der Waals surface area contributed by atoms with E-state index in [1.54, 1.807) is 6.20 Å². The quantitative estimate of drug-likeness (QED) is 0.787. The summed E-state index contributed by atoms with van der Waals surface area (Å²) in [5.74, 6) is 0.684. The number of benzene rings is 1. The molecule has 0 aliphatic carbocycles. The second-order valence-electron chi connectivity index (χ2n) is 5.57. The largest absolute Gasteiger partial charge is 0.361 e. The van der Waals surface area contributed by atoms with Gasteiger partial charge in [-0.05, 0) is 31.9 Å². The van der Waals surface area contributed by atoms with E-state index in [4.69, 9.17) is 4.52 Å². The summed E-state index contributed by atoms with van der Waals surface area (Å²) >= 11 is 0. The third kappa shape index (κ3) is 3.39. The van der Waals surface area contributed by atoms with Crippen LogP contribution in [-0.4, -0.2) is 22.6 Å². The van der Waals surface area contributed by atoms with Gasteiger partial charge in [0.2, 0.25) is 5.91 Å². The number of amides is 1. The molecule has 0 fully saturated rings. The second-order valence-corrected chi connectivity index (χ2v) is 5.57. The van der Waals surface area contributed by atoms with Gasteiger partial charge in [-0.1, -0.05) is 29.4 Å². The van der Waals surface area contributed by atoms with Gasteiger partial charge >= 0.3 is 0 Å². The second kappa shape index (κ2) is 6.60. The Bertz CT molecular complexity index is 814. The molecular formula is C18H19N3O2. The fourth-order valence-electron chi connectivity index (χ4n) is 2.68. The standard InChI is InChI=1S/C18H19N3O2/c1-12-16(13(2)23-21-12)11-17(22)19-10-8-15-6-3-5-14-7-4-9-20-18(14)15/h3-7,9H,8,10-11H2,1-2H3,(H,19,22). The van der Waals surface area contributed by atoms with E-state index in [2.05, 4.69) is 21.5 Å². The van der Waals surface area contributed by atoms with E-state index in [0.29, 0.717) is 18.7 Å². The molecule has 2 heterocycles. The van der Waals surface area contributed by atoms with Crippen molar-refractivity contribution < 1.29 is 9.32 Å². The Morgan fingerprint density at radius 1 is 1.22 bits per heavy atom. The number of carbonyl (C=O) groups is 1. The minimum absolute atomic E-state index is 0.0207. The van der Waals surface area contributed by atoms with E-state index < -0.39 is 0 Å². The Hall–Kier alpha value is -2.69. The summed E-state index contributed by atoms with van der Waals surface area (Å²) in [5.41, 5.74) is 3.78. The van der Waals surface area contributed by atoms with Crippen LogP contribution in [-0.2, 0) is 17.6 Å². The number of hydrogen-bond donors (Lipinski definition) is 1. The lowest BCUT2D eigenvalue weighted by atomic mass is 10.1. The zero-order chi connectivity index (χ0) is 16.2. The molecule has 5 heteroatoms. The van der Waals surface area contributed by atoms with Crippen LogP contribution in [0.3, 0.4) is 0 Å². The first-order valence-corrected chi connectivity index (χ1v) is 7.66. The molecule has 0 aliphatic rings. The van der Waals surface area contributed by atoms with E-state index in [-0.39, 0.29) is 5.91 Å². The highest BCUT2D eigenvalue weighted by Crippen LogP contribution is 2.16. The van der Waals surface area contributed by atoms with Crippen LogP contribution < -0.4 is 5.32 Å². The lowest BCUT2D eigenvalue weighted by molar-refractivity contribution is -0.120. The van der Waals surface area contributed by atoms with Crippen molar-refractivity contribution >= 4 is 16.8 Å². The number of nitrogens with zero attached hydrogens (tertiary/aromatic N) is 2. The Morgan fingerprint density at radius 2 is 2.04 bits per heavy atom. The number of carbonyl (C=O) groups excluding carboxylic acids is 1. The monoisotopic (exact) mass is 309 g/mol. The molecule has 0 aliphatic heterocycles. The van der Waals surface area contributed by atoms with Gasteiger partial charge in [0.25, 0.3) is 0 Å². The number of hydrogen-bond acceptors (Lipinski definition) is 4. The van der Waals surface area contributed by atoms with E-state index in [1.165, 1.54) is 0 Å². The summed E-state index contributed by atoms with van der Waals surface area (Å²) < 4.78 is 5.08. The Kier molecular flexibility index (Phi) is 4.37. The predicted molar refractivity (Wildman–Crippen MR) is 88.1 cm³/mol. The van der Waals surface area contributed by atoms with E-state index in [0.717, 1.165) is 34.1 Å². The number of rotatable bonds is 5. The fourth-order valence-corrected chi connectivity index (χ4v) is 2.68. The van der Waals surface area contributed by atoms with Gasteiger partial charge < -0.3 is 9.84 Å². The van der Waals surface area contributed by atoms with Gasteiger partial charge in [-0.3, -0.25) is 9.78 Å². The lowest BCUT2D eigenvalue weighted by Gasteiger charge is -2.07. The van der Waals surface area contributed by atoms with Crippen LogP contribution in [0.1, 0.15) is 22.6 Å². The molecule has 0 unspecified atom stereocenters. The molecule has 0 radical (unpaired) electrons. The zero-order valence-corrected chi connectivity index (χ0v) is 13.3. The van der Waals surface area contributed by atoms with Crippen molar-refractivity contribution in [1.29, 1.82) is 0 Å². The van der Waals surface area contributed by atoms with Crippen LogP contribution in [0.15, 0.2) is 41.1 Å². The Labute approximate surface area is 134 Å². The molecule has 1 aromatic carbocycles. The van der Waals surface area contributed by atoms with Gasteiger partial charge in [-0.2, -0.15) is 0 Å². The Balaban J connectivity index is 1.60. The minimum Gasteiger partial charge on any atom is -0.361 e. The molecule has 0 saturated heterocycles. The molecule has 0 saturated carbocycles. The highest BCUT2D eigenvalue weighted by atomic mass is 16.5. The van der Waals surface area contributed by atoms with Crippen molar-refractivity contribution in [3.63, 3.8) is 0 Å². The molecule has 23 heavy (non-hydrogen) atoms. The van der Waals surface area contributed by atoms with Gasteiger partial charge in [0.05, 0.1) is 17.6 Å². The number of fused-ring (bicyclic) bond motifs is 1. The summed E-state index contributed by atoms with van der Waals surface area (Å²) in [5, 5.41) is 7.94. The van der Waals surface area contributed by atoms with Gasteiger partial charge in [0.1, 0.15) is 5.76 Å². The number of pyridine rings is 1. The van der Waals surface area contributed by atoms with Crippen molar-refractivity contribution in [3.8, 4) is 0 Å². The predicted octanol–water partition coefficient (Wildman–Crippen LogP) is 2.74. The minimum atomic E-state index is -0.0207. The van der Waals surface area contributed by atoms with Crippen LogP contribution in [0.25, 0.3) is 10.9 Å². The van der Waals surface area contributed by atoms with Crippen LogP contribution in [0, 0.1) is 13.8 Å². The zero-order valence-electron chi connectivity index (χ0n) is 13.3. The normalized spacial score (nSPS) is 10.9. The summed E-state index contributed by atoms with van der Waals surface area (Å²) in [7, 11) is 0. The number of para-hydroxylation sites is 1. The van der Waals surface area contributed by atoms with E-state index >= 15 is 0 Å². The maximum Gasteiger partial charge on any atom is 0.224 e. The third-order valence-electron chi connectivity index (χ3n) is 3.95. The van der Waals surface area contributed by atoms with Gasteiger partial charge in [-0.25, -0.2) is 0 Å². The van der Waals surface area contributed by atoms with Crippen LogP contribution in [0.2, 0.25) is 0 Å². The average molecular weight is 309 g/mol. The Morgan fingerprint density at radius 3 is 2.83 bits per heavy atom. The molecule has 0 spiro atoms. The van der Waals surface area contributed by atoms with Crippen molar-refractivity contribution in [2.75, 3.05) is 6.54 Å². The molecule has 3 aromatic rings. The summed E-state index contributed by atoms with van der Waals surface area (Å²) in [6.45, 7) is 4.25. The van der Waals surface area contributed by atoms with Gasteiger partial charge in [0, 0.05) is 23.7 Å². The molecule has 2 aromatic heterocycles. The highest BCUT2D eigenvalue weighted by molar-refractivity contribution is 5.82. The molecule has 0 atom stereocenters. The molecule has 1 N–H and O–H groups in total. The molecule has 1 amide bonds. The van der Waals surface area contributed by atoms with Crippen molar-refractivity contribution in [2.24, 2.45) is 0 Å². The fraction of sp³-hybridized carbons (Fsp3) is 0.278. The molecular weight excluding hydrogens is 290 g/mol. The first kappa shape index (κ1) is 15.2. The number of aromatic nitrogens is 2. The molecule has 0 bridgehead atoms. The molecule has 118 valence electrons. The SMILES string of the molecule is Cc1noc(C)c1CC(=O)NCCc1cccc2cccnc12. The summed E-state index contributed by atoms with van der Waals surface area (Å²) in [4.78, 5) is 16.5. The van der Waals surface area contributed by atoms with E-state index in [9.17, 15) is 4.79 Å².